The Morgan fingerprint density at radius 1 is 0.868 bits per heavy atom. The summed E-state index contributed by atoms with van der Waals surface area (Å²) in [6.07, 6.45) is 0. The number of carbonyl (C=O) groups excluding carboxylic acids is 1. The summed E-state index contributed by atoms with van der Waals surface area (Å²) in [6, 6.07) is 16.4. The van der Waals surface area contributed by atoms with Crippen molar-refractivity contribution in [3.63, 3.8) is 0 Å². The van der Waals surface area contributed by atoms with Crippen molar-refractivity contribution in [2.24, 2.45) is 0 Å². The Bertz CT molecular complexity index is 1370. The molecule has 0 aliphatic heterocycles. The van der Waals surface area contributed by atoms with E-state index in [1.54, 1.807) is 43.5 Å². The number of hydrogen-bond acceptors (Lipinski definition) is 6. The third-order valence-corrected chi connectivity index (χ3v) is 8.13. The second-order valence-electron chi connectivity index (χ2n) is 9.26. The van der Waals surface area contributed by atoms with Gasteiger partial charge in [-0.3, -0.25) is 9.10 Å². The molecule has 38 heavy (non-hydrogen) atoms. The summed E-state index contributed by atoms with van der Waals surface area (Å²) in [6.45, 7) is 7.52. The molecule has 3 rings (SSSR count). The molecule has 3 aromatic rings. The van der Waals surface area contributed by atoms with E-state index in [9.17, 15) is 13.2 Å². The summed E-state index contributed by atoms with van der Waals surface area (Å²) < 4.78 is 44.9. The van der Waals surface area contributed by atoms with Crippen LogP contribution in [0.2, 0.25) is 0 Å². The van der Waals surface area contributed by atoms with Crippen LogP contribution in [-0.4, -0.2) is 42.2 Å². The second-order valence-corrected chi connectivity index (χ2v) is 11.1. The molecule has 0 saturated heterocycles. The number of sulfonamides is 1. The van der Waals surface area contributed by atoms with Gasteiger partial charge in [0.25, 0.3) is 10.0 Å². The second kappa shape index (κ2) is 12.2. The molecule has 204 valence electrons. The van der Waals surface area contributed by atoms with Crippen molar-refractivity contribution in [1.82, 2.24) is 5.32 Å². The summed E-state index contributed by atoms with van der Waals surface area (Å²) in [5, 5.41) is 2.97. The molecule has 0 fully saturated rings. The number of methoxy groups -OCH3 is 3. The first kappa shape index (κ1) is 28.8. The van der Waals surface area contributed by atoms with Gasteiger partial charge in [0.2, 0.25) is 5.91 Å². The fraction of sp³-hybridized carbons (Fsp3) is 0.345. The number of benzene rings is 3. The van der Waals surface area contributed by atoms with E-state index in [2.05, 4.69) is 19.2 Å². The maximum absolute atomic E-state index is 13.8. The fourth-order valence-electron chi connectivity index (χ4n) is 4.32. The van der Waals surface area contributed by atoms with Crippen LogP contribution in [-0.2, 0) is 14.8 Å². The zero-order valence-electron chi connectivity index (χ0n) is 22.9. The lowest BCUT2D eigenvalue weighted by Crippen LogP contribution is -2.41. The number of ether oxygens (including phenoxy) is 3. The fourth-order valence-corrected chi connectivity index (χ4v) is 5.76. The van der Waals surface area contributed by atoms with Gasteiger partial charge in [0, 0.05) is 6.07 Å². The minimum absolute atomic E-state index is 0.0540. The predicted molar refractivity (Wildman–Crippen MR) is 149 cm³/mol. The van der Waals surface area contributed by atoms with Crippen molar-refractivity contribution in [1.29, 1.82) is 0 Å². The normalized spacial score (nSPS) is 12.1. The first-order valence-electron chi connectivity index (χ1n) is 12.3. The summed E-state index contributed by atoms with van der Waals surface area (Å²) in [7, 11) is 0.446. The molecule has 1 N–H and O–H groups in total. The molecule has 0 aliphatic carbocycles. The average Bonchev–Trinajstić information content (AvgIpc) is 2.91. The molecular weight excluding hydrogens is 504 g/mol. The highest BCUT2D eigenvalue weighted by Crippen LogP contribution is 2.36. The van der Waals surface area contributed by atoms with Gasteiger partial charge in [-0.2, -0.15) is 0 Å². The number of nitrogens with one attached hydrogen (secondary N) is 1. The van der Waals surface area contributed by atoms with Gasteiger partial charge < -0.3 is 19.5 Å². The third-order valence-electron chi connectivity index (χ3n) is 6.36. The summed E-state index contributed by atoms with van der Waals surface area (Å²) >= 11 is 0. The number of amides is 1. The summed E-state index contributed by atoms with van der Waals surface area (Å²) in [5.74, 6) is 1.27. The highest BCUT2D eigenvalue weighted by atomic mass is 32.2. The zero-order valence-corrected chi connectivity index (χ0v) is 23.8. The quantitative estimate of drug-likeness (QED) is 0.359. The summed E-state index contributed by atoms with van der Waals surface area (Å²) in [4.78, 5) is 13.4. The van der Waals surface area contributed by atoms with Crippen LogP contribution >= 0.6 is 0 Å². The van der Waals surface area contributed by atoms with Gasteiger partial charge in [0.1, 0.15) is 23.8 Å². The molecule has 1 atom stereocenters. The lowest BCUT2D eigenvalue weighted by molar-refractivity contribution is -0.120. The van der Waals surface area contributed by atoms with E-state index in [4.69, 9.17) is 14.2 Å². The summed E-state index contributed by atoms with van der Waals surface area (Å²) in [5.41, 5.74) is 3.12. The highest BCUT2D eigenvalue weighted by molar-refractivity contribution is 7.92. The van der Waals surface area contributed by atoms with Crippen LogP contribution in [0.15, 0.2) is 65.6 Å². The largest absolute Gasteiger partial charge is 0.497 e. The molecule has 0 radical (unpaired) electrons. The number of aryl methyl sites for hydroxylation is 1. The van der Waals surface area contributed by atoms with Gasteiger partial charge in [-0.1, -0.05) is 32.0 Å². The van der Waals surface area contributed by atoms with Crippen LogP contribution in [0.4, 0.5) is 5.69 Å². The molecule has 0 bridgehead atoms. The molecule has 0 spiro atoms. The van der Waals surface area contributed by atoms with Gasteiger partial charge in [0.15, 0.2) is 0 Å². The van der Waals surface area contributed by atoms with E-state index in [0.29, 0.717) is 11.5 Å². The number of carbonyl (C=O) groups is 1. The molecule has 1 amide bonds. The molecule has 8 nitrogen and oxygen atoms in total. The van der Waals surface area contributed by atoms with Gasteiger partial charge in [0.05, 0.1) is 38.0 Å². The maximum atomic E-state index is 13.8. The number of nitrogens with zero attached hydrogens (tertiary/aromatic N) is 1. The Morgan fingerprint density at radius 3 is 2.11 bits per heavy atom. The monoisotopic (exact) mass is 540 g/mol. The Balaban J connectivity index is 1.99. The number of rotatable bonds is 11. The van der Waals surface area contributed by atoms with Crippen molar-refractivity contribution in [2.45, 2.75) is 44.6 Å². The van der Waals surface area contributed by atoms with Gasteiger partial charge in [-0.05, 0) is 72.9 Å². The molecule has 9 heteroatoms. The predicted octanol–water partition coefficient (Wildman–Crippen LogP) is 5.22. The van der Waals surface area contributed by atoms with E-state index < -0.39 is 22.5 Å². The van der Waals surface area contributed by atoms with E-state index in [1.165, 1.54) is 26.4 Å². The van der Waals surface area contributed by atoms with Crippen LogP contribution in [0.3, 0.4) is 0 Å². The first-order valence-corrected chi connectivity index (χ1v) is 13.7. The topological polar surface area (TPSA) is 94.2 Å². The number of hydrogen-bond donors (Lipinski definition) is 1. The van der Waals surface area contributed by atoms with E-state index >= 15 is 0 Å². The number of anilines is 1. The van der Waals surface area contributed by atoms with Gasteiger partial charge >= 0.3 is 0 Å². The highest BCUT2D eigenvalue weighted by Gasteiger charge is 2.30. The first-order chi connectivity index (χ1) is 18.0. The van der Waals surface area contributed by atoms with Crippen LogP contribution in [0, 0.1) is 6.92 Å². The molecule has 0 aliphatic rings. The van der Waals surface area contributed by atoms with Crippen molar-refractivity contribution < 1.29 is 27.4 Å². The van der Waals surface area contributed by atoms with Crippen LogP contribution < -0.4 is 23.8 Å². The SMILES string of the molecule is COc1ccc(OC)c(N(CC(=O)NC(C)c2cc(C(C)C)c(OC)cc2C)S(=O)(=O)c2ccccc2)c1. The maximum Gasteiger partial charge on any atom is 0.264 e. The van der Waals surface area contributed by atoms with E-state index in [1.807, 2.05) is 26.0 Å². The molecule has 0 saturated carbocycles. The van der Waals surface area contributed by atoms with E-state index in [0.717, 1.165) is 26.7 Å². The third kappa shape index (κ3) is 6.22. The molecule has 0 aromatic heterocycles. The smallest absolute Gasteiger partial charge is 0.264 e. The van der Waals surface area contributed by atoms with Crippen LogP contribution in [0.25, 0.3) is 0 Å². The Kier molecular flexibility index (Phi) is 9.27. The Hall–Kier alpha value is -3.72. The molecular formula is C29H36N2O6S. The zero-order chi connectivity index (χ0) is 28.0. The molecule has 1 unspecified atom stereocenters. The molecule has 0 heterocycles. The average molecular weight is 541 g/mol. The van der Waals surface area contributed by atoms with Crippen molar-refractivity contribution >= 4 is 21.6 Å². The van der Waals surface area contributed by atoms with E-state index in [-0.39, 0.29) is 22.5 Å². The standard InChI is InChI=1S/C29H36N2O6S/c1-19(2)24-17-25(20(3)15-28(24)37-7)21(4)30-29(32)18-31(38(33,34)23-11-9-8-10-12-23)26-16-22(35-5)13-14-27(26)36-6/h8-17,19,21H,18H2,1-7H3,(H,30,32). The lowest BCUT2D eigenvalue weighted by Gasteiger charge is -2.27. The van der Waals surface area contributed by atoms with Crippen molar-refractivity contribution in [2.75, 3.05) is 32.2 Å². The Morgan fingerprint density at radius 2 is 1.53 bits per heavy atom. The van der Waals surface area contributed by atoms with Crippen molar-refractivity contribution in [3.8, 4) is 17.2 Å². The van der Waals surface area contributed by atoms with Crippen LogP contribution in [0.1, 0.15) is 49.4 Å². The van der Waals surface area contributed by atoms with Gasteiger partial charge in [-0.25, -0.2) is 8.42 Å². The van der Waals surface area contributed by atoms with Crippen LogP contribution in [0.5, 0.6) is 17.2 Å². The minimum Gasteiger partial charge on any atom is -0.497 e. The Labute approximate surface area is 225 Å². The van der Waals surface area contributed by atoms with Gasteiger partial charge in [-0.15, -0.1) is 0 Å². The molecule has 3 aromatic carbocycles. The lowest BCUT2D eigenvalue weighted by atomic mass is 9.93. The minimum atomic E-state index is -4.12. The van der Waals surface area contributed by atoms with Crippen molar-refractivity contribution in [3.05, 3.63) is 77.4 Å².